The molecule has 1 fully saturated rings. The van der Waals surface area contributed by atoms with Crippen molar-refractivity contribution >= 4 is 5.91 Å². The first-order chi connectivity index (χ1) is 8.06. The molecular formula is C14H18FNO. The van der Waals surface area contributed by atoms with Crippen LogP contribution in [0.5, 0.6) is 0 Å². The molecule has 1 aromatic rings. The van der Waals surface area contributed by atoms with Gasteiger partial charge in [0.25, 0.3) is 0 Å². The summed E-state index contributed by atoms with van der Waals surface area (Å²) in [5.74, 6) is 0.600. The van der Waals surface area contributed by atoms with E-state index in [0.29, 0.717) is 12.3 Å². The van der Waals surface area contributed by atoms with Crippen molar-refractivity contribution in [2.24, 2.45) is 5.92 Å². The summed E-state index contributed by atoms with van der Waals surface area (Å²) >= 11 is 0. The van der Waals surface area contributed by atoms with E-state index in [1.165, 1.54) is 12.1 Å². The number of halogens is 1. The summed E-state index contributed by atoms with van der Waals surface area (Å²) in [6.45, 7) is 4.29. The van der Waals surface area contributed by atoms with Crippen molar-refractivity contribution in [1.29, 1.82) is 0 Å². The fourth-order valence-corrected chi connectivity index (χ4v) is 2.50. The van der Waals surface area contributed by atoms with Crippen molar-refractivity contribution in [2.75, 3.05) is 0 Å². The Morgan fingerprint density at radius 1 is 1.35 bits per heavy atom. The Morgan fingerprint density at radius 3 is 2.59 bits per heavy atom. The quantitative estimate of drug-likeness (QED) is 0.857. The Kier molecular flexibility index (Phi) is 3.46. The van der Waals surface area contributed by atoms with Gasteiger partial charge in [0.2, 0.25) is 5.91 Å². The number of carbonyl (C=O) groups excluding carboxylic acids is 1. The molecule has 92 valence electrons. The predicted octanol–water partition coefficient (Wildman–Crippen LogP) is 2.84. The van der Waals surface area contributed by atoms with Gasteiger partial charge in [-0.15, -0.1) is 0 Å². The van der Waals surface area contributed by atoms with Gasteiger partial charge in [-0.3, -0.25) is 4.79 Å². The molecule has 1 heterocycles. The summed E-state index contributed by atoms with van der Waals surface area (Å²) in [4.78, 5) is 11.5. The van der Waals surface area contributed by atoms with Crippen molar-refractivity contribution in [3.63, 3.8) is 0 Å². The van der Waals surface area contributed by atoms with E-state index >= 15 is 0 Å². The van der Waals surface area contributed by atoms with E-state index in [1.54, 1.807) is 12.1 Å². The Bertz CT molecular complexity index is 399. The van der Waals surface area contributed by atoms with Gasteiger partial charge in [0.1, 0.15) is 5.82 Å². The number of carbonyl (C=O) groups is 1. The van der Waals surface area contributed by atoms with Crippen LogP contribution in [-0.2, 0) is 4.79 Å². The smallest absolute Gasteiger partial charge is 0.220 e. The van der Waals surface area contributed by atoms with E-state index < -0.39 is 0 Å². The van der Waals surface area contributed by atoms with Gasteiger partial charge in [-0.2, -0.15) is 0 Å². The summed E-state index contributed by atoms with van der Waals surface area (Å²) < 4.78 is 12.9. The maximum absolute atomic E-state index is 12.9. The summed E-state index contributed by atoms with van der Waals surface area (Å²) in [5.41, 5.74) is 1.05. The van der Waals surface area contributed by atoms with Crippen LogP contribution in [0.4, 0.5) is 4.39 Å². The van der Waals surface area contributed by atoms with E-state index in [1.807, 2.05) is 0 Å². The van der Waals surface area contributed by atoms with Crippen molar-refractivity contribution in [3.8, 4) is 0 Å². The minimum atomic E-state index is -0.230. The zero-order valence-electron chi connectivity index (χ0n) is 10.2. The zero-order valence-corrected chi connectivity index (χ0v) is 10.2. The molecule has 1 saturated heterocycles. The molecular weight excluding hydrogens is 217 g/mol. The van der Waals surface area contributed by atoms with E-state index in [9.17, 15) is 9.18 Å². The number of hydrogen-bond acceptors (Lipinski definition) is 1. The van der Waals surface area contributed by atoms with Gasteiger partial charge in [0, 0.05) is 18.4 Å². The van der Waals surface area contributed by atoms with E-state index in [2.05, 4.69) is 19.2 Å². The van der Waals surface area contributed by atoms with Gasteiger partial charge >= 0.3 is 0 Å². The minimum Gasteiger partial charge on any atom is -0.353 e. The second-order valence-corrected chi connectivity index (χ2v) is 5.17. The van der Waals surface area contributed by atoms with Gasteiger partial charge in [-0.1, -0.05) is 26.0 Å². The standard InChI is InChI=1S/C14H18FNO/c1-9(2)7-13-12(8-14(17)16-13)10-3-5-11(15)6-4-10/h3-6,9,12-13H,7-8H2,1-2H3,(H,16,17). The first-order valence-electron chi connectivity index (χ1n) is 6.11. The molecule has 1 amide bonds. The third kappa shape index (κ3) is 2.84. The Morgan fingerprint density at radius 2 is 2.00 bits per heavy atom. The number of hydrogen-bond donors (Lipinski definition) is 1. The number of nitrogens with one attached hydrogen (secondary N) is 1. The lowest BCUT2D eigenvalue weighted by molar-refractivity contribution is -0.119. The predicted molar refractivity (Wildman–Crippen MR) is 65.1 cm³/mol. The molecule has 0 spiro atoms. The van der Waals surface area contributed by atoms with Crippen LogP contribution in [0.1, 0.15) is 38.2 Å². The highest BCUT2D eigenvalue weighted by Crippen LogP contribution is 2.31. The Balaban J connectivity index is 2.17. The Labute approximate surface area is 101 Å². The maximum Gasteiger partial charge on any atom is 0.220 e. The SMILES string of the molecule is CC(C)CC1NC(=O)CC1c1ccc(F)cc1. The van der Waals surface area contributed by atoms with Crippen molar-refractivity contribution in [2.45, 2.75) is 38.6 Å². The average Bonchev–Trinajstić information content (AvgIpc) is 2.59. The van der Waals surface area contributed by atoms with Gasteiger partial charge in [0.05, 0.1) is 0 Å². The highest BCUT2D eigenvalue weighted by atomic mass is 19.1. The molecule has 2 rings (SSSR count). The molecule has 1 N–H and O–H groups in total. The molecule has 1 aliphatic heterocycles. The lowest BCUT2D eigenvalue weighted by atomic mass is 9.87. The highest BCUT2D eigenvalue weighted by Gasteiger charge is 2.33. The normalized spacial score (nSPS) is 24.1. The third-order valence-electron chi connectivity index (χ3n) is 3.26. The monoisotopic (exact) mass is 235 g/mol. The molecule has 1 aromatic carbocycles. The molecule has 2 atom stereocenters. The molecule has 0 bridgehead atoms. The van der Waals surface area contributed by atoms with Gasteiger partial charge in [0.15, 0.2) is 0 Å². The third-order valence-corrected chi connectivity index (χ3v) is 3.26. The van der Waals surface area contributed by atoms with Crippen molar-refractivity contribution in [3.05, 3.63) is 35.6 Å². The number of rotatable bonds is 3. The van der Waals surface area contributed by atoms with Crippen LogP contribution in [0.3, 0.4) is 0 Å². The van der Waals surface area contributed by atoms with Gasteiger partial charge in [-0.25, -0.2) is 4.39 Å². The molecule has 1 aliphatic rings. The highest BCUT2D eigenvalue weighted by molar-refractivity contribution is 5.80. The summed E-state index contributed by atoms with van der Waals surface area (Å²) in [5, 5.41) is 3.02. The summed E-state index contributed by atoms with van der Waals surface area (Å²) in [6.07, 6.45) is 1.48. The maximum atomic E-state index is 12.9. The van der Waals surface area contributed by atoms with Crippen LogP contribution in [0.15, 0.2) is 24.3 Å². The van der Waals surface area contributed by atoms with Crippen LogP contribution in [0.25, 0.3) is 0 Å². The largest absolute Gasteiger partial charge is 0.353 e. The summed E-state index contributed by atoms with van der Waals surface area (Å²) in [6, 6.07) is 6.68. The van der Waals surface area contributed by atoms with Crippen molar-refractivity contribution in [1.82, 2.24) is 5.32 Å². The van der Waals surface area contributed by atoms with Crippen LogP contribution in [-0.4, -0.2) is 11.9 Å². The van der Waals surface area contributed by atoms with E-state index in [-0.39, 0.29) is 23.7 Å². The second kappa shape index (κ2) is 4.86. The van der Waals surface area contributed by atoms with E-state index in [4.69, 9.17) is 0 Å². The molecule has 17 heavy (non-hydrogen) atoms. The van der Waals surface area contributed by atoms with Crippen LogP contribution in [0.2, 0.25) is 0 Å². The second-order valence-electron chi connectivity index (χ2n) is 5.17. The lowest BCUT2D eigenvalue weighted by Crippen LogP contribution is -2.29. The fourth-order valence-electron chi connectivity index (χ4n) is 2.50. The average molecular weight is 235 g/mol. The molecule has 0 aliphatic carbocycles. The van der Waals surface area contributed by atoms with Gasteiger partial charge in [-0.05, 0) is 30.0 Å². The summed E-state index contributed by atoms with van der Waals surface area (Å²) in [7, 11) is 0. The van der Waals surface area contributed by atoms with E-state index in [0.717, 1.165) is 12.0 Å². The first-order valence-corrected chi connectivity index (χ1v) is 6.11. The zero-order chi connectivity index (χ0) is 12.4. The molecule has 2 unspecified atom stereocenters. The first kappa shape index (κ1) is 12.1. The fraction of sp³-hybridized carbons (Fsp3) is 0.500. The minimum absolute atomic E-state index is 0.102. The van der Waals surface area contributed by atoms with Crippen molar-refractivity contribution < 1.29 is 9.18 Å². The molecule has 2 nitrogen and oxygen atoms in total. The lowest BCUT2D eigenvalue weighted by Gasteiger charge is -2.20. The molecule has 0 aromatic heterocycles. The molecule has 0 saturated carbocycles. The van der Waals surface area contributed by atoms with Gasteiger partial charge < -0.3 is 5.32 Å². The van der Waals surface area contributed by atoms with Crippen LogP contribution >= 0.6 is 0 Å². The number of amides is 1. The molecule has 3 heteroatoms. The van der Waals surface area contributed by atoms with Crippen LogP contribution < -0.4 is 5.32 Å². The topological polar surface area (TPSA) is 29.1 Å². The number of benzene rings is 1. The van der Waals surface area contributed by atoms with Crippen LogP contribution in [0, 0.1) is 11.7 Å². The molecule has 0 radical (unpaired) electrons. The Hall–Kier alpha value is -1.38.